The minimum absolute atomic E-state index is 0.674. The lowest BCUT2D eigenvalue weighted by Gasteiger charge is -2.28. The minimum atomic E-state index is 0.674. The van der Waals surface area contributed by atoms with E-state index in [0.29, 0.717) is 5.88 Å². The van der Waals surface area contributed by atoms with Crippen LogP contribution in [0.15, 0.2) is 30.3 Å². The highest BCUT2D eigenvalue weighted by atomic mass is 16.5. The van der Waals surface area contributed by atoms with Gasteiger partial charge in [-0.25, -0.2) is 4.98 Å². The number of aromatic nitrogens is 1. The van der Waals surface area contributed by atoms with E-state index >= 15 is 0 Å². The van der Waals surface area contributed by atoms with E-state index in [1.165, 1.54) is 43.4 Å². The number of ether oxygens (including phenoxy) is 1. The van der Waals surface area contributed by atoms with Crippen LogP contribution in [0, 0.1) is 0 Å². The summed E-state index contributed by atoms with van der Waals surface area (Å²) in [6, 6.07) is 10.5. The molecule has 1 aromatic heterocycles. The number of benzene rings is 1. The molecule has 0 saturated carbocycles. The quantitative estimate of drug-likeness (QED) is 0.808. The van der Waals surface area contributed by atoms with Gasteiger partial charge in [-0.2, -0.15) is 0 Å². The average molecular weight is 242 g/mol. The fraction of sp³-hybridized carbons (Fsp3) is 0.400. The molecule has 0 atom stereocenters. The molecular weight excluding hydrogens is 224 g/mol. The number of fused-ring (bicyclic) bond motifs is 1. The van der Waals surface area contributed by atoms with Crippen LogP contribution in [0.25, 0.3) is 10.9 Å². The van der Waals surface area contributed by atoms with E-state index in [2.05, 4.69) is 34.1 Å². The summed E-state index contributed by atoms with van der Waals surface area (Å²) >= 11 is 0. The molecule has 2 aromatic rings. The number of anilines is 1. The van der Waals surface area contributed by atoms with Gasteiger partial charge in [-0.1, -0.05) is 0 Å². The molecule has 0 radical (unpaired) electrons. The number of methoxy groups -OCH3 is 1. The molecule has 0 amide bonds. The maximum Gasteiger partial charge on any atom is 0.213 e. The Hall–Kier alpha value is -1.77. The predicted octanol–water partition coefficient (Wildman–Crippen LogP) is 3.23. The number of hydrogen-bond donors (Lipinski definition) is 0. The van der Waals surface area contributed by atoms with Crippen LogP contribution >= 0.6 is 0 Å². The third-order valence-corrected chi connectivity index (χ3v) is 3.58. The zero-order valence-electron chi connectivity index (χ0n) is 10.7. The van der Waals surface area contributed by atoms with Gasteiger partial charge in [-0.05, 0) is 43.5 Å². The van der Waals surface area contributed by atoms with Gasteiger partial charge in [-0.15, -0.1) is 0 Å². The molecule has 1 saturated heterocycles. The summed E-state index contributed by atoms with van der Waals surface area (Å²) in [5, 5.41) is 1.18. The number of rotatable bonds is 2. The molecule has 0 bridgehead atoms. The molecule has 2 heterocycles. The van der Waals surface area contributed by atoms with Crippen molar-refractivity contribution in [2.75, 3.05) is 25.1 Å². The fourth-order valence-corrected chi connectivity index (χ4v) is 2.56. The summed E-state index contributed by atoms with van der Waals surface area (Å²) in [4.78, 5) is 6.90. The average Bonchev–Trinajstić information content (AvgIpc) is 2.47. The Morgan fingerprint density at radius 3 is 2.67 bits per heavy atom. The molecule has 0 unspecified atom stereocenters. The normalized spacial score (nSPS) is 15.9. The van der Waals surface area contributed by atoms with Crippen LogP contribution in [-0.4, -0.2) is 25.2 Å². The van der Waals surface area contributed by atoms with Crippen LogP contribution in [0.4, 0.5) is 5.69 Å². The summed E-state index contributed by atoms with van der Waals surface area (Å²) in [5.74, 6) is 0.674. The largest absolute Gasteiger partial charge is 0.481 e. The highest BCUT2D eigenvalue weighted by Crippen LogP contribution is 2.25. The topological polar surface area (TPSA) is 25.4 Å². The van der Waals surface area contributed by atoms with Crippen molar-refractivity contribution in [1.29, 1.82) is 0 Å². The SMILES string of the molecule is COc1ccc2cc(N3CCCCC3)ccc2n1. The van der Waals surface area contributed by atoms with Crippen molar-refractivity contribution in [3.63, 3.8) is 0 Å². The van der Waals surface area contributed by atoms with E-state index in [-0.39, 0.29) is 0 Å². The lowest BCUT2D eigenvalue weighted by Crippen LogP contribution is -2.29. The molecule has 0 aliphatic carbocycles. The first-order valence-corrected chi connectivity index (χ1v) is 6.56. The van der Waals surface area contributed by atoms with Crippen molar-refractivity contribution in [2.24, 2.45) is 0 Å². The molecule has 94 valence electrons. The first-order valence-electron chi connectivity index (χ1n) is 6.56. The Kier molecular flexibility index (Phi) is 3.05. The minimum Gasteiger partial charge on any atom is -0.481 e. The van der Waals surface area contributed by atoms with Crippen molar-refractivity contribution in [3.05, 3.63) is 30.3 Å². The van der Waals surface area contributed by atoms with E-state index in [1.807, 2.05) is 6.07 Å². The highest BCUT2D eigenvalue weighted by molar-refractivity contribution is 5.83. The number of pyridine rings is 1. The van der Waals surface area contributed by atoms with Crippen LogP contribution in [0.3, 0.4) is 0 Å². The maximum absolute atomic E-state index is 5.15. The molecule has 3 nitrogen and oxygen atoms in total. The van der Waals surface area contributed by atoms with Crippen molar-refractivity contribution in [3.8, 4) is 5.88 Å². The third kappa shape index (κ3) is 2.13. The summed E-state index contributed by atoms with van der Waals surface area (Å²) in [7, 11) is 1.65. The number of nitrogens with zero attached hydrogens (tertiary/aromatic N) is 2. The second kappa shape index (κ2) is 4.84. The Morgan fingerprint density at radius 2 is 1.89 bits per heavy atom. The molecule has 1 aromatic carbocycles. The molecule has 1 aliphatic rings. The molecule has 0 spiro atoms. The molecule has 1 aliphatic heterocycles. The van der Waals surface area contributed by atoms with E-state index in [4.69, 9.17) is 4.74 Å². The lowest BCUT2D eigenvalue weighted by molar-refractivity contribution is 0.399. The Morgan fingerprint density at radius 1 is 1.06 bits per heavy atom. The van der Waals surface area contributed by atoms with Gasteiger partial charge < -0.3 is 9.64 Å². The van der Waals surface area contributed by atoms with Gasteiger partial charge in [0.15, 0.2) is 0 Å². The lowest BCUT2D eigenvalue weighted by atomic mass is 10.1. The van der Waals surface area contributed by atoms with E-state index in [1.54, 1.807) is 7.11 Å². The Labute approximate surface area is 107 Å². The van der Waals surface area contributed by atoms with Crippen molar-refractivity contribution < 1.29 is 4.74 Å². The first kappa shape index (κ1) is 11.3. The van der Waals surface area contributed by atoms with Gasteiger partial charge in [0.1, 0.15) is 0 Å². The first-order chi connectivity index (χ1) is 8.86. The van der Waals surface area contributed by atoms with Crippen LogP contribution in [0.5, 0.6) is 5.88 Å². The summed E-state index contributed by atoms with van der Waals surface area (Å²) in [6.45, 7) is 2.35. The molecule has 3 heteroatoms. The summed E-state index contributed by atoms with van der Waals surface area (Å²) in [6.07, 6.45) is 3.97. The van der Waals surface area contributed by atoms with E-state index in [0.717, 1.165) is 5.52 Å². The van der Waals surface area contributed by atoms with Gasteiger partial charge in [0, 0.05) is 30.2 Å². The highest BCUT2D eigenvalue weighted by Gasteiger charge is 2.11. The van der Waals surface area contributed by atoms with Gasteiger partial charge in [-0.3, -0.25) is 0 Å². The van der Waals surface area contributed by atoms with Gasteiger partial charge in [0.2, 0.25) is 5.88 Å². The second-order valence-electron chi connectivity index (χ2n) is 4.78. The van der Waals surface area contributed by atoms with Gasteiger partial charge >= 0.3 is 0 Å². The fourth-order valence-electron chi connectivity index (χ4n) is 2.56. The van der Waals surface area contributed by atoms with Crippen LogP contribution < -0.4 is 9.64 Å². The zero-order valence-corrected chi connectivity index (χ0v) is 10.7. The van der Waals surface area contributed by atoms with Crippen LogP contribution in [-0.2, 0) is 0 Å². The van der Waals surface area contributed by atoms with Crippen molar-refractivity contribution >= 4 is 16.6 Å². The number of piperidine rings is 1. The molecular formula is C15H18N2O. The maximum atomic E-state index is 5.15. The van der Waals surface area contributed by atoms with Gasteiger partial charge in [0.25, 0.3) is 0 Å². The second-order valence-corrected chi connectivity index (χ2v) is 4.78. The van der Waals surface area contributed by atoms with Crippen LogP contribution in [0.2, 0.25) is 0 Å². The standard InChI is InChI=1S/C15H18N2O/c1-18-15-8-5-12-11-13(6-7-14(12)16-15)17-9-3-2-4-10-17/h5-8,11H,2-4,9-10H2,1H3. The summed E-state index contributed by atoms with van der Waals surface area (Å²) in [5.41, 5.74) is 2.31. The summed E-state index contributed by atoms with van der Waals surface area (Å²) < 4.78 is 5.15. The van der Waals surface area contributed by atoms with Crippen molar-refractivity contribution in [2.45, 2.75) is 19.3 Å². The monoisotopic (exact) mass is 242 g/mol. The van der Waals surface area contributed by atoms with Gasteiger partial charge in [0.05, 0.1) is 12.6 Å². The zero-order chi connectivity index (χ0) is 12.4. The molecule has 18 heavy (non-hydrogen) atoms. The third-order valence-electron chi connectivity index (χ3n) is 3.58. The Balaban J connectivity index is 1.95. The van der Waals surface area contributed by atoms with E-state index < -0.39 is 0 Å². The van der Waals surface area contributed by atoms with E-state index in [9.17, 15) is 0 Å². The molecule has 1 fully saturated rings. The predicted molar refractivity (Wildman–Crippen MR) is 74.4 cm³/mol. The number of hydrogen-bond acceptors (Lipinski definition) is 3. The van der Waals surface area contributed by atoms with Crippen LogP contribution in [0.1, 0.15) is 19.3 Å². The molecule has 0 N–H and O–H groups in total. The smallest absolute Gasteiger partial charge is 0.213 e. The molecule has 3 rings (SSSR count). The Bertz CT molecular complexity index is 547. The van der Waals surface area contributed by atoms with Crippen molar-refractivity contribution in [1.82, 2.24) is 4.98 Å².